The van der Waals surface area contributed by atoms with Gasteiger partial charge in [-0.2, -0.15) is 0 Å². The Hall–Kier alpha value is -2.37. The van der Waals surface area contributed by atoms with Crippen LogP contribution in [0.3, 0.4) is 0 Å². The molecule has 0 heterocycles. The van der Waals surface area contributed by atoms with Gasteiger partial charge in [0.1, 0.15) is 6.54 Å². The molecule has 2 aromatic rings. The number of hydrogen-bond donors (Lipinski definition) is 0. The van der Waals surface area contributed by atoms with Gasteiger partial charge in [-0.05, 0) is 93.2 Å². The summed E-state index contributed by atoms with van der Waals surface area (Å²) in [6.45, 7) is 1.70. The number of carbonyl (C=O) groups excluding carboxylic acids is 3. The van der Waals surface area contributed by atoms with Gasteiger partial charge in [0.2, 0.25) is 5.91 Å². The number of fused-ring (bicyclic) bond motifs is 1. The first kappa shape index (κ1) is 29.9. The van der Waals surface area contributed by atoms with Crippen molar-refractivity contribution in [3.8, 4) is 0 Å². The maximum absolute atomic E-state index is 12.8. The smallest absolute Gasteiger partial charge is 0.465 e. The van der Waals surface area contributed by atoms with Crippen LogP contribution in [-0.4, -0.2) is 61.4 Å². The van der Waals surface area contributed by atoms with Gasteiger partial charge >= 0.3 is 23.0 Å². The Morgan fingerprint density at radius 3 is 1.94 bits per heavy atom. The largest absolute Gasteiger partial charge is 2.00 e. The van der Waals surface area contributed by atoms with Crippen LogP contribution in [0.4, 0.5) is 0 Å². The molecule has 2 aliphatic rings. The normalized spacial score (nSPS) is 15.0. The molecule has 0 aromatic heterocycles. The zero-order valence-corrected chi connectivity index (χ0v) is 21.8. The van der Waals surface area contributed by atoms with Crippen LogP contribution in [0.2, 0.25) is 0 Å². The molecule has 4 rings (SSSR count). The number of carbonyl (C=O) groups is 3. The number of benzene rings is 2. The summed E-state index contributed by atoms with van der Waals surface area (Å²) in [5, 5.41) is 1.99. The zero-order valence-electron chi connectivity index (χ0n) is 20.7. The summed E-state index contributed by atoms with van der Waals surface area (Å²) >= 11 is 0. The summed E-state index contributed by atoms with van der Waals surface area (Å²) < 4.78 is 4.84. The van der Waals surface area contributed by atoms with Crippen molar-refractivity contribution in [3.05, 3.63) is 111 Å². The van der Waals surface area contributed by atoms with Crippen molar-refractivity contribution in [2.24, 2.45) is 0 Å². The summed E-state index contributed by atoms with van der Waals surface area (Å²) in [6, 6.07) is 11.6. The van der Waals surface area contributed by atoms with E-state index < -0.39 is 5.97 Å². The average molecular weight is 526 g/mol. The van der Waals surface area contributed by atoms with Crippen LogP contribution in [0.5, 0.6) is 0 Å². The number of hydrogen-bond acceptors (Lipinski definition) is 4. The van der Waals surface area contributed by atoms with Crippen molar-refractivity contribution in [3.63, 3.8) is 0 Å². The molecule has 0 spiro atoms. The molecule has 186 valence electrons. The van der Waals surface area contributed by atoms with E-state index >= 15 is 0 Å². The number of nitrogens with zero attached hydrogens (tertiary/aromatic N) is 2. The van der Waals surface area contributed by atoms with Gasteiger partial charge in [-0.15, -0.1) is 0 Å². The topological polar surface area (TPSA) is 66.9 Å². The van der Waals surface area contributed by atoms with Crippen LogP contribution >= 0.6 is 0 Å². The van der Waals surface area contributed by atoms with E-state index in [1.807, 2.05) is 69.2 Å². The molecule has 36 heavy (non-hydrogen) atoms. The molecule has 0 aliphatic heterocycles. The van der Waals surface area contributed by atoms with E-state index in [1.54, 1.807) is 20.0 Å². The number of likely N-dealkylation sites (N-methyl/N-ethyl adjacent to an activating group) is 2. The predicted molar refractivity (Wildman–Crippen MR) is 136 cm³/mol. The van der Waals surface area contributed by atoms with E-state index in [0.29, 0.717) is 5.56 Å². The fraction of sp³-hybridized carbons (Fsp3) is 0.207. The van der Waals surface area contributed by atoms with Crippen LogP contribution in [-0.2, 0) is 31.4 Å². The van der Waals surface area contributed by atoms with Crippen LogP contribution in [0.1, 0.15) is 22.8 Å². The molecule has 0 N–H and O–H groups in total. The number of ether oxygens (including phenoxy) is 1. The molecule has 0 bridgehead atoms. The second-order valence-corrected chi connectivity index (χ2v) is 8.13. The molecule has 0 unspecified atom stereocenters. The Labute approximate surface area is 226 Å². The third-order valence-electron chi connectivity index (χ3n) is 5.46. The van der Waals surface area contributed by atoms with Crippen molar-refractivity contribution in [1.29, 1.82) is 0 Å². The number of rotatable bonds is 7. The Kier molecular flexibility index (Phi) is 12.5. The summed E-state index contributed by atoms with van der Waals surface area (Å²) in [4.78, 5) is 39.2. The van der Waals surface area contributed by atoms with Crippen molar-refractivity contribution in [2.75, 3.05) is 33.8 Å². The van der Waals surface area contributed by atoms with E-state index in [-0.39, 0.29) is 48.6 Å². The van der Waals surface area contributed by atoms with Gasteiger partial charge in [-0.1, -0.05) is 24.3 Å². The molecule has 7 heteroatoms. The monoisotopic (exact) mass is 526 g/mol. The zero-order chi connectivity index (χ0) is 25.2. The molecule has 6 nitrogen and oxygen atoms in total. The number of amides is 2. The van der Waals surface area contributed by atoms with E-state index in [2.05, 4.69) is 18.9 Å². The molecule has 0 atom stereocenters. The Morgan fingerprint density at radius 1 is 0.750 bits per heavy atom. The van der Waals surface area contributed by atoms with E-state index in [1.165, 1.54) is 16.8 Å². The minimum Gasteiger partial charge on any atom is -0.465 e. The van der Waals surface area contributed by atoms with E-state index in [4.69, 9.17) is 4.74 Å². The van der Waals surface area contributed by atoms with Gasteiger partial charge in [-0.25, -0.2) is 0 Å². The molecule has 2 amide bonds. The minimum atomic E-state index is -0.474. The summed E-state index contributed by atoms with van der Waals surface area (Å²) in [5.74, 6) is 0.0918. The third-order valence-corrected chi connectivity index (χ3v) is 5.46. The molecule has 2 aromatic carbocycles. The average Bonchev–Trinajstić information content (AvgIpc) is 3.60. The van der Waals surface area contributed by atoms with Gasteiger partial charge in [0, 0.05) is 25.6 Å². The molecule has 2 aliphatic carbocycles. The first-order chi connectivity index (χ1) is 16.9. The Bertz CT molecular complexity index is 1010. The molecule has 2 saturated carbocycles. The first-order valence-electron chi connectivity index (χ1n) is 11.5. The van der Waals surface area contributed by atoms with Crippen LogP contribution < -0.4 is 0 Å². The van der Waals surface area contributed by atoms with Crippen molar-refractivity contribution < 1.29 is 36.2 Å². The van der Waals surface area contributed by atoms with Gasteiger partial charge in [0.15, 0.2) is 0 Å². The number of esters is 1. The third kappa shape index (κ3) is 8.63. The van der Waals surface area contributed by atoms with E-state index in [0.717, 1.165) is 22.3 Å². The fourth-order valence-electron chi connectivity index (χ4n) is 3.55. The minimum absolute atomic E-state index is 0. The predicted octanol–water partition coefficient (Wildman–Crippen LogP) is 3.71. The summed E-state index contributed by atoms with van der Waals surface area (Å²) in [6.07, 6.45) is 18.1. The van der Waals surface area contributed by atoms with Crippen molar-refractivity contribution in [1.82, 2.24) is 9.80 Å². The van der Waals surface area contributed by atoms with Crippen LogP contribution in [0.15, 0.2) is 36.4 Å². The van der Waals surface area contributed by atoms with Crippen LogP contribution in [0, 0.1) is 63.7 Å². The van der Waals surface area contributed by atoms with Gasteiger partial charge < -0.3 is 14.5 Å². The first-order valence-corrected chi connectivity index (χ1v) is 11.5. The molecular weight excluding hydrogens is 496 g/mol. The standard InChI is InChI=1S/C24H25N2O4.C5H5.Fe/c1-4-30-23(28)16-25(2)22(27)15-26(3)24(29)21-12-11-19-13-18(9-10-20(19)14-21)17-7-5-6-8-17;1-2-4-5-3-1;/h5-14H,4,15-16H2,1-3H3;1-5H;/q;;+2. The second kappa shape index (κ2) is 15.0. The van der Waals surface area contributed by atoms with E-state index in [9.17, 15) is 14.4 Å². The van der Waals surface area contributed by atoms with Crippen LogP contribution in [0.25, 0.3) is 10.8 Å². The van der Waals surface area contributed by atoms with Crippen molar-refractivity contribution in [2.45, 2.75) is 6.92 Å². The van der Waals surface area contributed by atoms with Gasteiger partial charge in [-0.3, -0.25) is 14.4 Å². The van der Waals surface area contributed by atoms with Crippen molar-refractivity contribution >= 4 is 28.6 Å². The summed E-state index contributed by atoms with van der Waals surface area (Å²) in [5.41, 5.74) is 1.63. The van der Waals surface area contributed by atoms with Gasteiger partial charge in [0.05, 0.1) is 13.2 Å². The maximum Gasteiger partial charge on any atom is 2.00 e. The maximum atomic E-state index is 12.8. The SMILES string of the molecule is CCOC(=O)CN(C)C(=O)CN(C)C(=O)c1ccc2cc([C]3[CH][CH][CH][CH]3)ccc2c1.[CH]1[CH][CH][CH][CH]1.[Fe+2]. The molecule has 10 radical (unpaired) electrons. The molecular formula is C29H30FeN2O4+2. The molecule has 0 saturated heterocycles. The quantitative estimate of drug-likeness (QED) is 0.408. The molecule has 2 fully saturated rings. The fourth-order valence-corrected chi connectivity index (χ4v) is 3.55. The second-order valence-electron chi connectivity index (χ2n) is 8.13. The van der Waals surface area contributed by atoms with Gasteiger partial charge in [0.25, 0.3) is 5.91 Å². The summed E-state index contributed by atoms with van der Waals surface area (Å²) in [7, 11) is 3.08. The Balaban J connectivity index is 0.000000678. The Morgan fingerprint density at radius 2 is 1.33 bits per heavy atom.